The second-order valence-corrected chi connectivity index (χ2v) is 7.92. The van der Waals surface area contributed by atoms with Crippen LogP contribution in [0.25, 0.3) is 22.2 Å². The lowest BCUT2D eigenvalue weighted by Gasteiger charge is -2.12. The third-order valence-corrected chi connectivity index (χ3v) is 5.36. The Hall–Kier alpha value is -2.40. The molecule has 1 aromatic heterocycles. The molecule has 1 N–H and O–H groups in total. The summed E-state index contributed by atoms with van der Waals surface area (Å²) in [5.41, 5.74) is 3.41. The zero-order chi connectivity index (χ0) is 19.7. The molecule has 0 saturated heterocycles. The maximum atomic E-state index is 13.1. The number of para-hydroxylation sites is 1. The summed E-state index contributed by atoms with van der Waals surface area (Å²) < 4.78 is 0.979. The Kier molecular flexibility index (Phi) is 5.36. The van der Waals surface area contributed by atoms with Crippen LogP contribution in [0.1, 0.15) is 10.4 Å². The summed E-state index contributed by atoms with van der Waals surface area (Å²) >= 11 is 15.6. The van der Waals surface area contributed by atoms with E-state index in [1.54, 1.807) is 24.3 Å². The fourth-order valence-corrected chi connectivity index (χ4v) is 3.63. The summed E-state index contributed by atoms with van der Waals surface area (Å²) in [5.74, 6) is -0.263. The molecule has 0 radical (unpaired) electrons. The van der Waals surface area contributed by atoms with Crippen molar-refractivity contribution in [2.75, 3.05) is 5.32 Å². The highest BCUT2D eigenvalue weighted by Crippen LogP contribution is 2.29. The molecule has 0 fully saturated rings. The maximum Gasteiger partial charge on any atom is 0.256 e. The van der Waals surface area contributed by atoms with Crippen molar-refractivity contribution in [2.45, 2.75) is 0 Å². The molecule has 0 spiro atoms. The predicted molar refractivity (Wildman–Crippen MR) is 119 cm³/mol. The zero-order valence-corrected chi connectivity index (χ0v) is 17.5. The molecule has 0 aliphatic rings. The second-order valence-electron chi connectivity index (χ2n) is 6.16. The summed E-state index contributed by atoms with van der Waals surface area (Å²) in [7, 11) is 0. The lowest BCUT2D eigenvalue weighted by molar-refractivity contribution is 0.102. The highest BCUT2D eigenvalue weighted by molar-refractivity contribution is 9.10. The average Bonchev–Trinajstić information content (AvgIpc) is 2.69. The molecule has 4 aromatic rings. The van der Waals surface area contributed by atoms with Gasteiger partial charge in [-0.3, -0.25) is 4.79 Å². The number of benzene rings is 3. The quantitative estimate of drug-likeness (QED) is 0.342. The van der Waals surface area contributed by atoms with Gasteiger partial charge in [-0.05, 0) is 42.5 Å². The highest BCUT2D eigenvalue weighted by atomic mass is 79.9. The number of hydrogen-bond acceptors (Lipinski definition) is 2. The minimum absolute atomic E-state index is 0.263. The van der Waals surface area contributed by atoms with Crippen molar-refractivity contribution in [3.05, 3.63) is 92.9 Å². The third kappa shape index (κ3) is 3.90. The van der Waals surface area contributed by atoms with E-state index in [-0.39, 0.29) is 5.91 Å². The molecule has 28 heavy (non-hydrogen) atoms. The van der Waals surface area contributed by atoms with E-state index in [9.17, 15) is 4.79 Å². The number of fused-ring (bicyclic) bond motifs is 1. The minimum atomic E-state index is -0.263. The van der Waals surface area contributed by atoms with Crippen LogP contribution in [0.5, 0.6) is 0 Å². The fourth-order valence-electron chi connectivity index (χ4n) is 2.91. The Bertz CT molecular complexity index is 1190. The van der Waals surface area contributed by atoms with E-state index in [0.717, 1.165) is 26.6 Å². The van der Waals surface area contributed by atoms with E-state index in [4.69, 9.17) is 28.2 Å². The Morgan fingerprint density at radius 1 is 0.929 bits per heavy atom. The summed E-state index contributed by atoms with van der Waals surface area (Å²) in [4.78, 5) is 17.8. The molecule has 138 valence electrons. The number of rotatable bonds is 3. The SMILES string of the molecule is O=C(Nc1ccc(Cl)cc1Cl)c1cc(-c2ccc(Br)cc2)nc2ccccc12. The summed E-state index contributed by atoms with van der Waals surface area (Å²) in [6.07, 6.45) is 0. The first-order valence-corrected chi connectivity index (χ1v) is 9.98. The second kappa shape index (κ2) is 7.92. The van der Waals surface area contributed by atoms with Crippen molar-refractivity contribution in [1.29, 1.82) is 0 Å². The number of pyridine rings is 1. The summed E-state index contributed by atoms with van der Waals surface area (Å²) in [6.45, 7) is 0. The molecule has 0 bridgehead atoms. The normalized spacial score (nSPS) is 10.8. The lowest BCUT2D eigenvalue weighted by Crippen LogP contribution is -2.13. The first-order chi connectivity index (χ1) is 13.5. The van der Waals surface area contributed by atoms with Gasteiger partial charge in [0.05, 0.1) is 27.5 Å². The molecule has 3 aromatic carbocycles. The van der Waals surface area contributed by atoms with Crippen LogP contribution in [0.4, 0.5) is 5.69 Å². The lowest BCUT2D eigenvalue weighted by atomic mass is 10.0. The fraction of sp³-hybridized carbons (Fsp3) is 0. The van der Waals surface area contributed by atoms with Crippen molar-refractivity contribution >= 4 is 61.6 Å². The van der Waals surface area contributed by atoms with Crippen molar-refractivity contribution in [3.63, 3.8) is 0 Å². The number of anilines is 1. The van der Waals surface area contributed by atoms with Crippen LogP contribution < -0.4 is 5.32 Å². The van der Waals surface area contributed by atoms with Gasteiger partial charge in [0.25, 0.3) is 5.91 Å². The van der Waals surface area contributed by atoms with Crippen molar-refractivity contribution in [2.24, 2.45) is 0 Å². The largest absolute Gasteiger partial charge is 0.321 e. The van der Waals surface area contributed by atoms with Crippen molar-refractivity contribution < 1.29 is 4.79 Å². The Balaban J connectivity index is 1.80. The van der Waals surface area contributed by atoms with Crippen LogP contribution in [0.2, 0.25) is 10.0 Å². The van der Waals surface area contributed by atoms with Gasteiger partial charge >= 0.3 is 0 Å². The minimum Gasteiger partial charge on any atom is -0.321 e. The molecular formula is C22H13BrCl2N2O. The van der Waals surface area contributed by atoms with Gasteiger partial charge in [-0.2, -0.15) is 0 Å². The molecule has 0 saturated carbocycles. The Morgan fingerprint density at radius 2 is 1.68 bits per heavy atom. The van der Waals surface area contributed by atoms with Gasteiger partial charge in [-0.15, -0.1) is 0 Å². The van der Waals surface area contributed by atoms with Gasteiger partial charge < -0.3 is 5.32 Å². The molecule has 0 unspecified atom stereocenters. The summed E-state index contributed by atoms with van der Waals surface area (Å²) in [6, 6.07) is 22.1. The number of carbonyl (C=O) groups is 1. The average molecular weight is 472 g/mol. The van der Waals surface area contributed by atoms with E-state index >= 15 is 0 Å². The monoisotopic (exact) mass is 470 g/mol. The maximum absolute atomic E-state index is 13.1. The van der Waals surface area contributed by atoms with E-state index in [1.807, 2.05) is 48.5 Å². The van der Waals surface area contributed by atoms with Gasteiger partial charge in [0, 0.05) is 20.4 Å². The third-order valence-electron chi connectivity index (χ3n) is 4.28. The highest BCUT2D eigenvalue weighted by Gasteiger charge is 2.15. The van der Waals surface area contributed by atoms with Crippen LogP contribution in [-0.2, 0) is 0 Å². The molecule has 6 heteroatoms. The van der Waals surface area contributed by atoms with Gasteiger partial charge in [-0.1, -0.05) is 69.5 Å². The van der Waals surface area contributed by atoms with Gasteiger partial charge in [-0.25, -0.2) is 4.98 Å². The van der Waals surface area contributed by atoms with Crippen LogP contribution in [-0.4, -0.2) is 10.9 Å². The number of nitrogens with zero attached hydrogens (tertiary/aromatic N) is 1. The van der Waals surface area contributed by atoms with Gasteiger partial charge in [0.1, 0.15) is 0 Å². The van der Waals surface area contributed by atoms with Crippen LogP contribution in [0, 0.1) is 0 Å². The van der Waals surface area contributed by atoms with Crippen LogP contribution >= 0.6 is 39.1 Å². The number of amides is 1. The van der Waals surface area contributed by atoms with E-state index in [0.29, 0.717) is 21.3 Å². The number of halogens is 3. The van der Waals surface area contributed by atoms with Gasteiger partial charge in [0.15, 0.2) is 0 Å². The molecule has 4 rings (SSSR count). The number of nitrogens with one attached hydrogen (secondary N) is 1. The van der Waals surface area contributed by atoms with Crippen LogP contribution in [0.15, 0.2) is 77.3 Å². The van der Waals surface area contributed by atoms with Crippen LogP contribution in [0.3, 0.4) is 0 Å². The van der Waals surface area contributed by atoms with Crippen molar-refractivity contribution in [3.8, 4) is 11.3 Å². The van der Waals surface area contributed by atoms with Gasteiger partial charge in [0.2, 0.25) is 0 Å². The van der Waals surface area contributed by atoms with E-state index < -0.39 is 0 Å². The van der Waals surface area contributed by atoms with E-state index in [2.05, 4.69) is 21.2 Å². The zero-order valence-electron chi connectivity index (χ0n) is 14.4. The molecule has 0 aliphatic heterocycles. The Morgan fingerprint density at radius 3 is 2.43 bits per heavy atom. The number of hydrogen-bond donors (Lipinski definition) is 1. The molecular weight excluding hydrogens is 459 g/mol. The summed E-state index contributed by atoms with van der Waals surface area (Å²) in [5, 5.41) is 4.53. The smallest absolute Gasteiger partial charge is 0.256 e. The number of carbonyl (C=O) groups excluding carboxylic acids is 1. The Labute approximate surface area is 180 Å². The predicted octanol–water partition coefficient (Wildman–Crippen LogP) is 7.22. The molecule has 1 amide bonds. The molecule has 3 nitrogen and oxygen atoms in total. The number of aromatic nitrogens is 1. The van der Waals surface area contributed by atoms with Crippen molar-refractivity contribution in [1.82, 2.24) is 4.98 Å². The molecule has 0 atom stereocenters. The topological polar surface area (TPSA) is 42.0 Å². The standard InChI is InChI=1S/C22H13BrCl2N2O/c23-14-7-5-13(6-8-14)21-12-17(16-3-1-2-4-19(16)26-21)22(28)27-20-10-9-15(24)11-18(20)25/h1-12H,(H,27,28). The first kappa shape index (κ1) is 18.9. The molecule has 1 heterocycles. The molecule has 0 aliphatic carbocycles. The first-order valence-electron chi connectivity index (χ1n) is 8.43. The van der Waals surface area contributed by atoms with E-state index in [1.165, 1.54) is 0 Å².